The predicted octanol–water partition coefficient (Wildman–Crippen LogP) is 1.25. The van der Waals surface area contributed by atoms with Crippen molar-refractivity contribution >= 4 is 11.2 Å². The Labute approximate surface area is 74.8 Å². The monoisotopic (exact) mass is 181 g/mol. The molecule has 0 saturated carbocycles. The number of H-pyrrole nitrogens is 1. The first-order valence-electron chi connectivity index (χ1n) is 4.08. The number of oxazole rings is 1. The summed E-state index contributed by atoms with van der Waals surface area (Å²) in [7, 11) is 0. The molecule has 5 nitrogen and oxygen atoms in total. The van der Waals surface area contributed by atoms with Crippen LogP contribution < -0.4 is 5.76 Å². The third kappa shape index (κ3) is 1.93. The van der Waals surface area contributed by atoms with Gasteiger partial charge in [-0.25, -0.2) is 14.8 Å². The Kier molecular flexibility index (Phi) is 2.79. The van der Waals surface area contributed by atoms with E-state index in [-0.39, 0.29) is 0 Å². The van der Waals surface area contributed by atoms with Crippen molar-refractivity contribution in [1.82, 2.24) is 15.0 Å². The fraction of sp³-hybridized carbons (Fsp3) is 0.375. The van der Waals surface area contributed by atoms with Gasteiger partial charge in [0.1, 0.15) is 5.82 Å². The van der Waals surface area contributed by atoms with Crippen molar-refractivity contribution in [1.29, 1.82) is 0 Å². The molecular weight excluding hydrogens is 170 g/mol. The first-order chi connectivity index (χ1) is 6.25. The number of nitrogens with one attached hydrogen (secondary N) is 1. The van der Waals surface area contributed by atoms with E-state index in [0.717, 1.165) is 0 Å². The molecule has 0 fully saturated rings. The van der Waals surface area contributed by atoms with Gasteiger partial charge in [0.25, 0.3) is 0 Å². The number of aryl methyl sites for hydroxylation is 1. The Morgan fingerprint density at radius 2 is 2.15 bits per heavy atom. The highest BCUT2D eigenvalue weighted by Gasteiger charge is 2.00. The van der Waals surface area contributed by atoms with Gasteiger partial charge in [-0.05, 0) is 6.92 Å². The van der Waals surface area contributed by atoms with Crippen LogP contribution in [0.5, 0.6) is 0 Å². The molecule has 13 heavy (non-hydrogen) atoms. The Morgan fingerprint density at radius 3 is 2.85 bits per heavy atom. The van der Waals surface area contributed by atoms with Gasteiger partial charge in [0.2, 0.25) is 0 Å². The molecule has 0 radical (unpaired) electrons. The third-order valence-electron chi connectivity index (χ3n) is 1.30. The van der Waals surface area contributed by atoms with Crippen LogP contribution in [0.3, 0.4) is 0 Å². The highest BCUT2D eigenvalue weighted by molar-refractivity contribution is 5.65. The average Bonchev–Trinajstić information content (AvgIpc) is 2.48. The largest absolute Gasteiger partial charge is 0.418 e. The van der Waals surface area contributed by atoms with E-state index in [9.17, 15) is 4.79 Å². The Bertz CT molecular complexity index is 444. The molecule has 0 saturated heterocycles. The van der Waals surface area contributed by atoms with E-state index in [4.69, 9.17) is 0 Å². The Morgan fingerprint density at radius 1 is 1.46 bits per heavy atom. The summed E-state index contributed by atoms with van der Waals surface area (Å²) in [6.45, 7) is 5.74. The van der Waals surface area contributed by atoms with Crippen LogP contribution in [0.15, 0.2) is 15.4 Å². The molecule has 2 heterocycles. The quantitative estimate of drug-likeness (QED) is 0.663. The smallest absolute Gasteiger partial charge is 0.404 e. The Balaban J connectivity index is 0.000000396. The second kappa shape index (κ2) is 3.84. The van der Waals surface area contributed by atoms with E-state index < -0.39 is 5.76 Å². The van der Waals surface area contributed by atoms with E-state index >= 15 is 0 Å². The van der Waals surface area contributed by atoms with Crippen LogP contribution in [0.1, 0.15) is 19.7 Å². The summed E-state index contributed by atoms with van der Waals surface area (Å²) in [5.74, 6) is 0.106. The molecule has 0 unspecified atom stereocenters. The van der Waals surface area contributed by atoms with E-state index in [0.29, 0.717) is 17.1 Å². The molecule has 2 aromatic rings. The molecule has 2 aromatic heterocycles. The lowest BCUT2D eigenvalue weighted by Gasteiger charge is -1.86. The van der Waals surface area contributed by atoms with Gasteiger partial charge in [-0.3, -0.25) is 4.98 Å². The van der Waals surface area contributed by atoms with Crippen LogP contribution in [-0.4, -0.2) is 15.0 Å². The van der Waals surface area contributed by atoms with Gasteiger partial charge >= 0.3 is 5.76 Å². The zero-order valence-corrected chi connectivity index (χ0v) is 7.79. The van der Waals surface area contributed by atoms with Gasteiger partial charge in [-0.2, -0.15) is 0 Å². The predicted molar refractivity (Wildman–Crippen MR) is 48.5 cm³/mol. The molecule has 0 spiro atoms. The van der Waals surface area contributed by atoms with Crippen molar-refractivity contribution in [2.24, 2.45) is 0 Å². The fourth-order valence-corrected chi connectivity index (χ4v) is 0.845. The second-order valence-electron chi connectivity index (χ2n) is 2.14. The number of aromatic nitrogens is 3. The first-order valence-corrected chi connectivity index (χ1v) is 4.08. The van der Waals surface area contributed by atoms with E-state index in [2.05, 4.69) is 19.4 Å². The van der Waals surface area contributed by atoms with Gasteiger partial charge < -0.3 is 4.42 Å². The van der Waals surface area contributed by atoms with Gasteiger partial charge in [0.05, 0.1) is 6.20 Å². The second-order valence-corrected chi connectivity index (χ2v) is 2.14. The fourth-order valence-electron chi connectivity index (χ4n) is 0.845. The molecule has 2 rings (SSSR count). The van der Waals surface area contributed by atoms with Crippen molar-refractivity contribution in [3.05, 3.63) is 22.6 Å². The summed E-state index contributed by atoms with van der Waals surface area (Å²) in [4.78, 5) is 20.8. The number of hydrogen-bond donors (Lipinski definition) is 1. The summed E-state index contributed by atoms with van der Waals surface area (Å²) in [5.41, 5.74) is 0.836. The number of nitrogens with zero attached hydrogens (tertiary/aromatic N) is 2. The molecular formula is C8H11N3O2. The zero-order valence-electron chi connectivity index (χ0n) is 7.79. The van der Waals surface area contributed by atoms with Crippen LogP contribution >= 0.6 is 0 Å². The van der Waals surface area contributed by atoms with Crippen molar-refractivity contribution in [2.75, 3.05) is 0 Å². The molecule has 0 amide bonds. The molecule has 0 atom stereocenters. The molecule has 0 aromatic carbocycles. The van der Waals surface area contributed by atoms with E-state index in [1.54, 1.807) is 6.92 Å². The van der Waals surface area contributed by atoms with Crippen molar-refractivity contribution in [2.45, 2.75) is 20.8 Å². The highest BCUT2D eigenvalue weighted by Crippen LogP contribution is 2.03. The van der Waals surface area contributed by atoms with E-state index in [1.807, 2.05) is 13.8 Å². The first kappa shape index (κ1) is 9.44. The number of hydrogen-bond acceptors (Lipinski definition) is 4. The SMILES string of the molecule is CC.Cc1ncc2oc(=O)[nH]c2n1. The van der Waals surface area contributed by atoms with Crippen LogP contribution in [0.4, 0.5) is 0 Å². The summed E-state index contributed by atoms with van der Waals surface area (Å²) >= 11 is 0. The maximum absolute atomic E-state index is 10.6. The van der Waals surface area contributed by atoms with Crippen molar-refractivity contribution < 1.29 is 4.42 Å². The lowest BCUT2D eigenvalue weighted by molar-refractivity contribution is 0.554. The normalized spacial score (nSPS) is 9.46. The lowest BCUT2D eigenvalue weighted by atomic mass is 10.5. The molecule has 5 heteroatoms. The number of fused-ring (bicyclic) bond motifs is 1. The number of rotatable bonds is 0. The third-order valence-corrected chi connectivity index (χ3v) is 1.30. The molecule has 0 bridgehead atoms. The average molecular weight is 181 g/mol. The van der Waals surface area contributed by atoms with Crippen LogP contribution in [-0.2, 0) is 0 Å². The maximum atomic E-state index is 10.6. The summed E-state index contributed by atoms with van der Waals surface area (Å²) in [6.07, 6.45) is 1.47. The van der Waals surface area contributed by atoms with Gasteiger partial charge in [0, 0.05) is 0 Å². The molecule has 70 valence electrons. The Hall–Kier alpha value is -1.65. The molecule has 0 aliphatic rings. The minimum absolute atomic E-state index is 0.389. The van der Waals surface area contributed by atoms with Crippen LogP contribution in [0.2, 0.25) is 0 Å². The minimum Gasteiger partial charge on any atom is -0.404 e. The van der Waals surface area contributed by atoms with Crippen LogP contribution in [0.25, 0.3) is 11.2 Å². The summed E-state index contributed by atoms with van der Waals surface area (Å²) in [6, 6.07) is 0. The van der Waals surface area contributed by atoms with Crippen molar-refractivity contribution in [3.63, 3.8) is 0 Å². The van der Waals surface area contributed by atoms with Crippen LogP contribution in [0, 0.1) is 6.92 Å². The number of aromatic amines is 1. The minimum atomic E-state index is -0.500. The molecule has 0 aliphatic heterocycles. The molecule has 0 aliphatic carbocycles. The maximum Gasteiger partial charge on any atom is 0.418 e. The van der Waals surface area contributed by atoms with E-state index in [1.165, 1.54) is 6.20 Å². The summed E-state index contributed by atoms with van der Waals surface area (Å²) < 4.78 is 4.69. The van der Waals surface area contributed by atoms with Gasteiger partial charge in [-0.1, -0.05) is 13.8 Å². The summed E-state index contributed by atoms with van der Waals surface area (Å²) in [5, 5.41) is 0. The highest BCUT2D eigenvalue weighted by atomic mass is 16.4. The standard InChI is InChI=1S/C6H5N3O2.C2H6/c1-3-7-2-4-5(8-3)9-6(10)11-4;1-2/h2H,1H3,(H,7,8,9,10);1-2H3. The lowest BCUT2D eigenvalue weighted by Crippen LogP contribution is -1.94. The van der Waals surface area contributed by atoms with Crippen molar-refractivity contribution in [3.8, 4) is 0 Å². The zero-order chi connectivity index (χ0) is 9.84. The topological polar surface area (TPSA) is 71.8 Å². The van der Waals surface area contributed by atoms with Gasteiger partial charge in [0.15, 0.2) is 11.2 Å². The molecule has 1 N–H and O–H groups in total. The van der Waals surface area contributed by atoms with Gasteiger partial charge in [-0.15, -0.1) is 0 Å².